The van der Waals surface area contributed by atoms with Gasteiger partial charge in [0.05, 0.1) is 11.4 Å². The molecule has 0 radical (unpaired) electrons. The maximum absolute atomic E-state index is 10.5. The Morgan fingerprint density at radius 2 is 1.84 bits per heavy atom. The third kappa shape index (κ3) is 2.10. The van der Waals surface area contributed by atoms with Crippen LogP contribution in [0.5, 0.6) is 0 Å². The van der Waals surface area contributed by atoms with Crippen molar-refractivity contribution in [3.63, 3.8) is 0 Å². The van der Waals surface area contributed by atoms with Crippen LogP contribution in [0.1, 0.15) is 34.1 Å². The fraction of sp³-hybridized carbons (Fsp3) is 0.412. The molecule has 2 aliphatic carbocycles. The Morgan fingerprint density at radius 1 is 1.11 bits per heavy atom. The largest absolute Gasteiger partial charge is 0.283 e. The van der Waals surface area contributed by atoms with Gasteiger partial charge in [-0.2, -0.15) is 0 Å². The van der Waals surface area contributed by atoms with Crippen molar-refractivity contribution in [1.82, 2.24) is 5.06 Å². The van der Waals surface area contributed by atoms with Gasteiger partial charge >= 0.3 is 0 Å². The molecular formula is C17H21NO. The van der Waals surface area contributed by atoms with E-state index in [9.17, 15) is 5.21 Å². The summed E-state index contributed by atoms with van der Waals surface area (Å²) < 4.78 is 0. The molecule has 0 spiro atoms. The normalized spacial score (nSPS) is 26.7. The van der Waals surface area contributed by atoms with E-state index in [1.165, 1.54) is 10.6 Å². The lowest BCUT2D eigenvalue weighted by atomic mass is 9.77. The highest BCUT2D eigenvalue weighted by molar-refractivity contribution is 5.56. The van der Waals surface area contributed by atoms with E-state index in [1.54, 1.807) is 0 Å². The molecule has 1 heterocycles. The minimum absolute atomic E-state index is 0.0105. The molecule has 0 bridgehead atoms. The maximum Gasteiger partial charge on any atom is 0.0734 e. The van der Waals surface area contributed by atoms with E-state index < -0.39 is 0 Å². The first kappa shape index (κ1) is 12.5. The monoisotopic (exact) mass is 255 g/mol. The second-order valence-corrected chi connectivity index (χ2v) is 7.00. The molecule has 2 heteroatoms. The Morgan fingerprint density at radius 3 is 2.58 bits per heavy atom. The Labute approximate surface area is 115 Å². The smallest absolute Gasteiger partial charge is 0.0734 e. The maximum atomic E-state index is 10.5. The number of hydrogen-bond acceptors (Lipinski definition) is 2. The average Bonchev–Trinajstić information content (AvgIpc) is 2.28. The molecule has 0 amide bonds. The predicted molar refractivity (Wildman–Crippen MR) is 77.3 cm³/mol. The van der Waals surface area contributed by atoms with Gasteiger partial charge in [0.2, 0.25) is 0 Å². The lowest BCUT2D eigenvalue weighted by molar-refractivity contribution is -0.0158. The van der Waals surface area contributed by atoms with Gasteiger partial charge in [-0.3, -0.25) is 5.21 Å². The summed E-state index contributed by atoms with van der Waals surface area (Å²) in [6.07, 6.45) is 13.8. The fourth-order valence-corrected chi connectivity index (χ4v) is 2.88. The zero-order chi connectivity index (χ0) is 13.8. The van der Waals surface area contributed by atoms with Crippen molar-refractivity contribution in [3.05, 3.63) is 59.0 Å². The van der Waals surface area contributed by atoms with Gasteiger partial charge in [-0.05, 0) is 35.6 Å². The van der Waals surface area contributed by atoms with Crippen molar-refractivity contribution in [2.75, 3.05) is 0 Å². The highest BCUT2D eigenvalue weighted by Gasteiger charge is 2.31. The molecule has 100 valence electrons. The molecule has 1 aliphatic heterocycles. The van der Waals surface area contributed by atoms with E-state index in [0.717, 1.165) is 23.4 Å². The van der Waals surface area contributed by atoms with Gasteiger partial charge in [0.15, 0.2) is 0 Å². The van der Waals surface area contributed by atoms with Gasteiger partial charge in [0.25, 0.3) is 0 Å². The number of hydrogen-bond donors (Lipinski definition) is 1. The Kier molecular flexibility index (Phi) is 2.45. The third-order valence-electron chi connectivity index (χ3n) is 3.95. The Hall–Kier alpha value is -1.54. The van der Waals surface area contributed by atoms with E-state index in [2.05, 4.69) is 58.1 Å². The average molecular weight is 255 g/mol. The number of allylic oxidation sites excluding steroid dienone is 7. The van der Waals surface area contributed by atoms with Crippen molar-refractivity contribution in [2.45, 2.75) is 34.1 Å². The number of nitrogens with zero attached hydrogens (tertiary/aromatic N) is 1. The lowest BCUT2D eigenvalue weighted by Gasteiger charge is -2.37. The molecule has 3 aliphatic rings. The second-order valence-electron chi connectivity index (χ2n) is 7.00. The van der Waals surface area contributed by atoms with E-state index >= 15 is 0 Å². The SMILES string of the molecule is CC1(C)C=CC2=CC3=C(C=CC(C)(C)C3)N(O)C2=C1. The van der Waals surface area contributed by atoms with E-state index in [0.29, 0.717) is 0 Å². The summed E-state index contributed by atoms with van der Waals surface area (Å²) in [6.45, 7) is 8.73. The van der Waals surface area contributed by atoms with Crippen LogP contribution in [0, 0.1) is 10.8 Å². The second kappa shape index (κ2) is 3.73. The summed E-state index contributed by atoms with van der Waals surface area (Å²) in [6, 6.07) is 0. The highest BCUT2D eigenvalue weighted by Crippen LogP contribution is 2.42. The van der Waals surface area contributed by atoms with Gasteiger partial charge in [-0.25, -0.2) is 5.06 Å². The van der Waals surface area contributed by atoms with E-state index in [4.69, 9.17) is 0 Å². The Bertz CT molecular complexity index is 582. The van der Waals surface area contributed by atoms with Crippen LogP contribution < -0.4 is 0 Å². The molecule has 0 fully saturated rings. The zero-order valence-electron chi connectivity index (χ0n) is 12.1. The van der Waals surface area contributed by atoms with Gasteiger partial charge in [0.1, 0.15) is 0 Å². The molecule has 19 heavy (non-hydrogen) atoms. The quantitative estimate of drug-likeness (QED) is 0.696. The summed E-state index contributed by atoms with van der Waals surface area (Å²) in [5, 5.41) is 11.8. The van der Waals surface area contributed by atoms with Crippen LogP contribution in [-0.2, 0) is 0 Å². The molecule has 0 aromatic rings. The zero-order valence-corrected chi connectivity index (χ0v) is 12.1. The first-order valence-corrected chi connectivity index (χ1v) is 6.83. The molecule has 0 saturated carbocycles. The van der Waals surface area contributed by atoms with Crippen molar-refractivity contribution in [2.24, 2.45) is 10.8 Å². The molecule has 2 nitrogen and oxygen atoms in total. The number of rotatable bonds is 0. The van der Waals surface area contributed by atoms with Gasteiger partial charge in [0, 0.05) is 11.0 Å². The first-order chi connectivity index (χ1) is 8.77. The fourth-order valence-electron chi connectivity index (χ4n) is 2.88. The van der Waals surface area contributed by atoms with Gasteiger partial charge in [-0.1, -0.05) is 45.9 Å². The van der Waals surface area contributed by atoms with Crippen LogP contribution >= 0.6 is 0 Å². The van der Waals surface area contributed by atoms with Crippen LogP contribution in [0.15, 0.2) is 59.0 Å². The topological polar surface area (TPSA) is 23.5 Å². The lowest BCUT2D eigenvalue weighted by Crippen LogP contribution is -2.29. The van der Waals surface area contributed by atoms with Crippen LogP contribution in [0.3, 0.4) is 0 Å². The number of fused-ring (bicyclic) bond motifs is 1. The molecule has 1 N–H and O–H groups in total. The molecule has 0 saturated heterocycles. The summed E-state index contributed by atoms with van der Waals surface area (Å²) in [7, 11) is 0. The minimum Gasteiger partial charge on any atom is -0.283 e. The predicted octanol–water partition coefficient (Wildman–Crippen LogP) is 4.34. The summed E-state index contributed by atoms with van der Waals surface area (Å²) in [5.41, 5.74) is 4.29. The highest BCUT2D eigenvalue weighted by atomic mass is 16.5. The molecule has 3 rings (SSSR count). The van der Waals surface area contributed by atoms with Crippen molar-refractivity contribution < 1.29 is 5.21 Å². The van der Waals surface area contributed by atoms with Crippen LogP contribution in [0.4, 0.5) is 0 Å². The van der Waals surface area contributed by atoms with Crippen LogP contribution in [-0.4, -0.2) is 10.3 Å². The third-order valence-corrected chi connectivity index (χ3v) is 3.95. The molecule has 0 unspecified atom stereocenters. The summed E-state index contributed by atoms with van der Waals surface area (Å²) in [4.78, 5) is 0. The summed E-state index contributed by atoms with van der Waals surface area (Å²) in [5.74, 6) is 0. The molecule has 0 aromatic heterocycles. The van der Waals surface area contributed by atoms with Gasteiger partial charge in [-0.15, -0.1) is 0 Å². The summed E-state index contributed by atoms with van der Waals surface area (Å²) >= 11 is 0. The van der Waals surface area contributed by atoms with Crippen molar-refractivity contribution >= 4 is 0 Å². The molecule has 0 aromatic carbocycles. The van der Waals surface area contributed by atoms with Crippen molar-refractivity contribution in [3.8, 4) is 0 Å². The van der Waals surface area contributed by atoms with Gasteiger partial charge < -0.3 is 0 Å². The molecular weight excluding hydrogens is 234 g/mol. The van der Waals surface area contributed by atoms with Crippen molar-refractivity contribution in [1.29, 1.82) is 0 Å². The first-order valence-electron chi connectivity index (χ1n) is 6.83. The number of hydroxylamine groups is 2. The minimum atomic E-state index is -0.0105. The Balaban J connectivity index is 2.07. The van der Waals surface area contributed by atoms with Crippen LogP contribution in [0.25, 0.3) is 0 Å². The van der Waals surface area contributed by atoms with Crippen LogP contribution in [0.2, 0.25) is 0 Å². The van der Waals surface area contributed by atoms with E-state index in [-0.39, 0.29) is 10.8 Å². The molecule has 0 atom stereocenters. The van der Waals surface area contributed by atoms with E-state index in [1.807, 2.05) is 6.08 Å². The standard InChI is InChI=1S/C17H21NO/c1-16(2)8-6-14-13(10-16)9-12-5-7-17(3,4)11-15(12)18(14)19/h5-9,11,19H,10H2,1-4H3.